The van der Waals surface area contributed by atoms with Crippen molar-refractivity contribution in [2.24, 2.45) is 10.9 Å². The molecule has 0 amide bonds. The fourth-order valence-corrected chi connectivity index (χ4v) is 2.67. The molecule has 21 heavy (non-hydrogen) atoms. The van der Waals surface area contributed by atoms with Gasteiger partial charge in [0.05, 0.1) is 12.7 Å². The van der Waals surface area contributed by atoms with Gasteiger partial charge in [0.1, 0.15) is 0 Å². The van der Waals surface area contributed by atoms with Crippen LogP contribution < -0.4 is 10.6 Å². The maximum absolute atomic E-state index is 5.98. The van der Waals surface area contributed by atoms with Crippen LogP contribution in [0.2, 0.25) is 0 Å². The van der Waals surface area contributed by atoms with E-state index < -0.39 is 0 Å². The number of halogens is 1. The predicted octanol–water partition coefficient (Wildman–Crippen LogP) is 3.31. The molecule has 4 nitrogen and oxygen atoms in total. The minimum atomic E-state index is 0. The number of aliphatic imine (C=N–C) groups is 1. The Labute approximate surface area is 146 Å². The second-order valence-electron chi connectivity index (χ2n) is 6.07. The van der Waals surface area contributed by atoms with E-state index in [1.807, 2.05) is 0 Å². The van der Waals surface area contributed by atoms with E-state index in [0.29, 0.717) is 6.10 Å². The van der Waals surface area contributed by atoms with Crippen LogP contribution in [0.1, 0.15) is 58.3 Å². The maximum atomic E-state index is 5.98. The lowest BCUT2D eigenvalue weighted by Crippen LogP contribution is -2.39. The maximum Gasteiger partial charge on any atom is 0.191 e. The van der Waals surface area contributed by atoms with Gasteiger partial charge in [-0.2, -0.15) is 0 Å². The van der Waals surface area contributed by atoms with Gasteiger partial charge in [-0.15, -0.1) is 24.0 Å². The molecule has 2 N–H and O–H groups in total. The summed E-state index contributed by atoms with van der Waals surface area (Å²) in [6, 6.07) is 0. The summed E-state index contributed by atoms with van der Waals surface area (Å²) >= 11 is 0. The standard InChI is InChI=1S/C16H31N3O.HI/c1-2-17-16(19-13-14-9-10-14)18-11-12-20-15-7-5-3-4-6-8-15;/h14-15H,2-13H2,1H3,(H2,17,18,19);1H. The van der Waals surface area contributed by atoms with Crippen molar-refractivity contribution < 1.29 is 4.74 Å². The number of rotatable bonds is 7. The molecule has 5 heteroatoms. The fourth-order valence-electron chi connectivity index (χ4n) is 2.67. The monoisotopic (exact) mass is 409 g/mol. The number of ether oxygens (including phenoxy) is 1. The lowest BCUT2D eigenvalue weighted by Gasteiger charge is -2.16. The van der Waals surface area contributed by atoms with Crippen LogP contribution in [-0.4, -0.2) is 38.3 Å². The summed E-state index contributed by atoms with van der Waals surface area (Å²) in [6.07, 6.45) is 11.1. The first-order valence-corrected chi connectivity index (χ1v) is 8.52. The average molecular weight is 409 g/mol. The van der Waals surface area contributed by atoms with Crippen LogP contribution >= 0.6 is 24.0 Å². The van der Waals surface area contributed by atoms with Gasteiger partial charge in [0.25, 0.3) is 0 Å². The van der Waals surface area contributed by atoms with Gasteiger partial charge in [0.2, 0.25) is 0 Å². The number of nitrogens with zero attached hydrogens (tertiary/aromatic N) is 1. The molecule has 0 spiro atoms. The summed E-state index contributed by atoms with van der Waals surface area (Å²) in [5, 5.41) is 6.67. The summed E-state index contributed by atoms with van der Waals surface area (Å²) in [6.45, 7) is 5.64. The Hall–Kier alpha value is -0.0400. The lowest BCUT2D eigenvalue weighted by molar-refractivity contribution is 0.0468. The molecule has 2 fully saturated rings. The molecule has 0 aliphatic heterocycles. The Morgan fingerprint density at radius 2 is 1.76 bits per heavy atom. The van der Waals surface area contributed by atoms with E-state index >= 15 is 0 Å². The van der Waals surface area contributed by atoms with Crippen molar-refractivity contribution in [2.75, 3.05) is 26.2 Å². The van der Waals surface area contributed by atoms with Crippen molar-refractivity contribution in [3.05, 3.63) is 0 Å². The third-order valence-corrected chi connectivity index (χ3v) is 4.10. The third-order valence-electron chi connectivity index (χ3n) is 4.10. The molecule has 0 saturated heterocycles. The Balaban J connectivity index is 0.00000220. The Morgan fingerprint density at radius 3 is 2.38 bits per heavy atom. The van der Waals surface area contributed by atoms with E-state index in [-0.39, 0.29) is 24.0 Å². The summed E-state index contributed by atoms with van der Waals surface area (Å²) in [5.41, 5.74) is 0. The van der Waals surface area contributed by atoms with Gasteiger partial charge in [-0.3, -0.25) is 4.99 Å². The molecule has 2 rings (SSSR count). The lowest BCUT2D eigenvalue weighted by atomic mass is 10.1. The zero-order valence-corrected chi connectivity index (χ0v) is 15.7. The van der Waals surface area contributed by atoms with Gasteiger partial charge < -0.3 is 15.4 Å². The number of hydrogen-bond acceptors (Lipinski definition) is 2. The van der Waals surface area contributed by atoms with Crippen molar-refractivity contribution in [3.63, 3.8) is 0 Å². The average Bonchev–Trinajstić information content (AvgIpc) is 3.27. The molecular weight excluding hydrogens is 377 g/mol. The Bertz CT molecular complexity index is 287. The highest BCUT2D eigenvalue weighted by atomic mass is 127. The normalized spacial score (nSPS) is 20.5. The third kappa shape index (κ3) is 8.86. The highest BCUT2D eigenvalue weighted by Crippen LogP contribution is 2.28. The van der Waals surface area contributed by atoms with Gasteiger partial charge >= 0.3 is 0 Å². The Kier molecular flexibility index (Phi) is 10.4. The number of guanidine groups is 1. The van der Waals surface area contributed by atoms with E-state index in [1.165, 1.54) is 51.4 Å². The van der Waals surface area contributed by atoms with Gasteiger partial charge in [-0.25, -0.2) is 0 Å². The van der Waals surface area contributed by atoms with Crippen LogP contribution in [0.5, 0.6) is 0 Å². The van der Waals surface area contributed by atoms with Crippen molar-refractivity contribution in [2.45, 2.75) is 64.4 Å². The van der Waals surface area contributed by atoms with Crippen LogP contribution in [0.3, 0.4) is 0 Å². The quantitative estimate of drug-likeness (QED) is 0.223. The molecule has 2 saturated carbocycles. The van der Waals surface area contributed by atoms with E-state index in [1.54, 1.807) is 0 Å². The first kappa shape index (κ1) is 19.0. The summed E-state index contributed by atoms with van der Waals surface area (Å²) in [5.74, 6) is 1.79. The summed E-state index contributed by atoms with van der Waals surface area (Å²) in [4.78, 5) is 4.61. The molecule has 124 valence electrons. The molecule has 0 aromatic carbocycles. The van der Waals surface area contributed by atoms with E-state index in [2.05, 4.69) is 22.5 Å². The van der Waals surface area contributed by atoms with Crippen molar-refractivity contribution >= 4 is 29.9 Å². The second-order valence-corrected chi connectivity index (χ2v) is 6.07. The molecule has 0 aromatic heterocycles. The molecular formula is C16H32IN3O. The van der Waals surface area contributed by atoms with Gasteiger partial charge in [0, 0.05) is 19.6 Å². The number of nitrogens with one attached hydrogen (secondary N) is 2. The molecule has 2 aliphatic rings. The van der Waals surface area contributed by atoms with Gasteiger partial charge in [-0.1, -0.05) is 25.7 Å². The van der Waals surface area contributed by atoms with Gasteiger partial charge in [-0.05, 0) is 38.5 Å². The highest BCUT2D eigenvalue weighted by Gasteiger charge is 2.20. The summed E-state index contributed by atoms with van der Waals surface area (Å²) < 4.78 is 5.98. The first-order chi connectivity index (χ1) is 9.88. The topological polar surface area (TPSA) is 45.7 Å². The van der Waals surface area contributed by atoms with Crippen LogP contribution in [0, 0.1) is 5.92 Å². The minimum Gasteiger partial charge on any atom is -0.376 e. The van der Waals surface area contributed by atoms with Crippen LogP contribution in [0.25, 0.3) is 0 Å². The second kappa shape index (κ2) is 11.5. The van der Waals surface area contributed by atoms with E-state index in [4.69, 9.17) is 4.74 Å². The zero-order valence-electron chi connectivity index (χ0n) is 13.4. The van der Waals surface area contributed by atoms with Crippen LogP contribution in [-0.2, 0) is 4.74 Å². The molecule has 0 bridgehead atoms. The van der Waals surface area contributed by atoms with Gasteiger partial charge in [0.15, 0.2) is 5.96 Å². The molecule has 2 aliphatic carbocycles. The van der Waals surface area contributed by atoms with Crippen molar-refractivity contribution in [1.82, 2.24) is 10.6 Å². The predicted molar refractivity (Wildman–Crippen MR) is 99.6 cm³/mol. The molecule has 0 heterocycles. The fraction of sp³-hybridized carbons (Fsp3) is 0.938. The van der Waals surface area contributed by atoms with Crippen molar-refractivity contribution in [3.8, 4) is 0 Å². The van der Waals surface area contributed by atoms with E-state index in [9.17, 15) is 0 Å². The van der Waals surface area contributed by atoms with Crippen molar-refractivity contribution in [1.29, 1.82) is 0 Å². The summed E-state index contributed by atoms with van der Waals surface area (Å²) in [7, 11) is 0. The smallest absolute Gasteiger partial charge is 0.191 e. The largest absolute Gasteiger partial charge is 0.376 e. The molecule has 0 unspecified atom stereocenters. The molecule has 0 atom stereocenters. The molecule has 0 radical (unpaired) electrons. The Morgan fingerprint density at radius 1 is 1.05 bits per heavy atom. The van der Waals surface area contributed by atoms with Crippen LogP contribution in [0.15, 0.2) is 4.99 Å². The zero-order chi connectivity index (χ0) is 14.0. The molecule has 0 aromatic rings. The minimum absolute atomic E-state index is 0. The number of hydrogen-bond donors (Lipinski definition) is 2. The highest BCUT2D eigenvalue weighted by molar-refractivity contribution is 14.0. The van der Waals surface area contributed by atoms with Crippen LogP contribution in [0.4, 0.5) is 0 Å². The first-order valence-electron chi connectivity index (χ1n) is 8.52. The SMILES string of the molecule is CCNC(=NCC1CC1)NCCOC1CCCCCC1.I. The van der Waals surface area contributed by atoms with E-state index in [0.717, 1.165) is 38.1 Å².